The van der Waals surface area contributed by atoms with Crippen molar-refractivity contribution in [3.05, 3.63) is 30.2 Å². The molecule has 2 aromatic rings. The van der Waals surface area contributed by atoms with Gasteiger partial charge >= 0.3 is 5.97 Å². The maximum Gasteiger partial charge on any atom is 0.354 e. The molecule has 2 rings (SSSR count). The van der Waals surface area contributed by atoms with E-state index in [-0.39, 0.29) is 5.69 Å². The first-order valence-electron chi connectivity index (χ1n) is 7.03. The number of carboxylic acids is 1. The summed E-state index contributed by atoms with van der Waals surface area (Å²) in [5.41, 5.74) is 0.404. The summed E-state index contributed by atoms with van der Waals surface area (Å²) in [6.07, 6.45) is 1.55. The molecule has 2 aromatic heterocycles. The van der Waals surface area contributed by atoms with E-state index < -0.39 is 14.0 Å². The van der Waals surface area contributed by atoms with Crippen molar-refractivity contribution in [1.29, 1.82) is 0 Å². The van der Waals surface area contributed by atoms with Crippen LogP contribution in [0, 0.1) is 0 Å². The number of aromatic carboxylic acids is 1. The van der Waals surface area contributed by atoms with Gasteiger partial charge in [-0.05, 0) is 18.2 Å². The average molecular weight is 320 g/mol. The number of carbonyl (C=O) groups is 1. The van der Waals surface area contributed by atoms with Crippen molar-refractivity contribution in [2.45, 2.75) is 32.4 Å². The first-order chi connectivity index (χ1) is 10.3. The van der Waals surface area contributed by atoms with Crippen LogP contribution in [0.5, 0.6) is 0 Å². The third kappa shape index (κ3) is 4.74. The molecule has 118 valence electrons. The Hall–Kier alpha value is -2.06. The third-order valence-corrected chi connectivity index (χ3v) is 4.66. The number of nitrogens with zero attached hydrogens (tertiary/aromatic N) is 4. The fourth-order valence-electron chi connectivity index (χ4n) is 1.69. The van der Waals surface area contributed by atoms with Crippen molar-refractivity contribution < 1.29 is 14.6 Å². The van der Waals surface area contributed by atoms with Crippen LogP contribution in [0.2, 0.25) is 25.7 Å². The molecule has 0 unspecified atom stereocenters. The minimum atomic E-state index is -1.10. The minimum absolute atomic E-state index is 0.0276. The second-order valence-electron chi connectivity index (χ2n) is 6.17. The highest BCUT2D eigenvalue weighted by Gasteiger charge is 2.13. The van der Waals surface area contributed by atoms with E-state index in [1.807, 2.05) is 0 Å². The predicted molar refractivity (Wildman–Crippen MR) is 84.3 cm³/mol. The summed E-state index contributed by atoms with van der Waals surface area (Å²) in [4.78, 5) is 19.1. The zero-order valence-electron chi connectivity index (χ0n) is 13.0. The maximum absolute atomic E-state index is 10.9. The van der Waals surface area contributed by atoms with Crippen LogP contribution in [0.1, 0.15) is 10.5 Å². The number of carboxylic acid groups (broad SMARTS) is 1. The summed E-state index contributed by atoms with van der Waals surface area (Å²) in [6, 6.07) is 5.83. The van der Waals surface area contributed by atoms with Gasteiger partial charge in [0.05, 0.1) is 0 Å². The molecule has 0 fully saturated rings. The topological polar surface area (TPSA) is 90.1 Å². The Bertz CT molecular complexity index is 652. The van der Waals surface area contributed by atoms with E-state index in [2.05, 4.69) is 34.7 Å². The van der Waals surface area contributed by atoms with Gasteiger partial charge in [0.2, 0.25) is 0 Å². The molecule has 0 aliphatic rings. The van der Waals surface area contributed by atoms with Crippen LogP contribution in [0.25, 0.3) is 11.5 Å². The van der Waals surface area contributed by atoms with Gasteiger partial charge in [-0.15, -0.1) is 5.10 Å². The van der Waals surface area contributed by atoms with Gasteiger partial charge in [-0.25, -0.2) is 19.4 Å². The molecular formula is C14H20N4O3Si. The summed E-state index contributed by atoms with van der Waals surface area (Å²) in [5.74, 6) is -0.687. The maximum atomic E-state index is 10.9. The highest BCUT2D eigenvalue weighted by Crippen LogP contribution is 2.12. The Balaban J connectivity index is 1.97. The van der Waals surface area contributed by atoms with Gasteiger partial charge in [-0.2, -0.15) is 0 Å². The molecule has 0 atom stereocenters. The number of ether oxygens (including phenoxy) is 1. The van der Waals surface area contributed by atoms with Gasteiger partial charge in [0.15, 0.2) is 5.82 Å². The highest BCUT2D eigenvalue weighted by atomic mass is 28.3. The largest absolute Gasteiger partial charge is 0.477 e. The van der Waals surface area contributed by atoms with Crippen molar-refractivity contribution in [2.24, 2.45) is 0 Å². The van der Waals surface area contributed by atoms with Crippen LogP contribution in [0.4, 0.5) is 0 Å². The van der Waals surface area contributed by atoms with E-state index in [4.69, 9.17) is 9.84 Å². The van der Waals surface area contributed by atoms with Crippen molar-refractivity contribution in [3.63, 3.8) is 0 Å². The number of hydrogen-bond acceptors (Lipinski definition) is 5. The molecule has 2 heterocycles. The van der Waals surface area contributed by atoms with Crippen molar-refractivity contribution in [2.75, 3.05) is 6.61 Å². The summed E-state index contributed by atoms with van der Waals surface area (Å²) < 4.78 is 7.17. The number of hydrogen-bond donors (Lipinski definition) is 1. The van der Waals surface area contributed by atoms with Crippen molar-refractivity contribution in [3.8, 4) is 11.5 Å². The van der Waals surface area contributed by atoms with Crippen LogP contribution >= 0.6 is 0 Å². The third-order valence-electron chi connectivity index (χ3n) is 2.95. The van der Waals surface area contributed by atoms with E-state index in [0.29, 0.717) is 24.9 Å². The lowest BCUT2D eigenvalue weighted by atomic mass is 10.3. The Morgan fingerprint density at radius 2 is 2.14 bits per heavy atom. The molecule has 0 bridgehead atoms. The fourth-order valence-corrected chi connectivity index (χ4v) is 2.45. The van der Waals surface area contributed by atoms with Gasteiger partial charge in [0.1, 0.15) is 24.4 Å². The molecule has 0 aromatic carbocycles. The highest BCUT2D eigenvalue weighted by molar-refractivity contribution is 6.76. The first-order valence-corrected chi connectivity index (χ1v) is 10.7. The summed E-state index contributed by atoms with van der Waals surface area (Å²) in [6.45, 7) is 7.93. The molecule has 0 aliphatic carbocycles. The SMILES string of the molecule is C[Si](C)(C)CCOCn1cnc(-c2cccc(C(=O)O)n2)n1. The summed E-state index contributed by atoms with van der Waals surface area (Å²) in [5, 5.41) is 13.2. The molecule has 8 heteroatoms. The molecule has 0 amide bonds. The van der Waals surface area contributed by atoms with E-state index in [9.17, 15) is 4.79 Å². The second kappa shape index (κ2) is 6.80. The Morgan fingerprint density at radius 1 is 1.36 bits per heavy atom. The Kier molecular flexibility index (Phi) is 5.04. The van der Waals surface area contributed by atoms with Gasteiger partial charge in [0.25, 0.3) is 0 Å². The number of rotatable bonds is 7. The van der Waals surface area contributed by atoms with Gasteiger partial charge in [-0.3, -0.25) is 0 Å². The average Bonchev–Trinajstić information content (AvgIpc) is 2.91. The molecule has 7 nitrogen and oxygen atoms in total. The fraction of sp³-hybridized carbons (Fsp3) is 0.429. The Labute approximate surface area is 130 Å². The smallest absolute Gasteiger partial charge is 0.354 e. The minimum Gasteiger partial charge on any atom is -0.477 e. The van der Waals surface area contributed by atoms with Crippen LogP contribution in [0.15, 0.2) is 24.5 Å². The first kappa shape index (κ1) is 16.3. The molecule has 0 radical (unpaired) electrons. The van der Waals surface area contributed by atoms with E-state index in [1.54, 1.807) is 23.1 Å². The van der Waals surface area contributed by atoms with Gasteiger partial charge in [0, 0.05) is 14.7 Å². The monoisotopic (exact) mass is 320 g/mol. The van der Waals surface area contributed by atoms with E-state index >= 15 is 0 Å². The standard InChI is InChI=1S/C14H20N4O3Si/c1-22(2,3)8-7-21-10-18-9-15-13(17-18)11-5-4-6-12(16-11)14(19)20/h4-6,9H,7-8,10H2,1-3H3,(H,19,20). The summed E-state index contributed by atoms with van der Waals surface area (Å²) >= 11 is 0. The lowest BCUT2D eigenvalue weighted by molar-refractivity contribution is 0.0690. The predicted octanol–water partition coefficient (Wildman–Crippen LogP) is 2.35. The van der Waals surface area contributed by atoms with Crippen molar-refractivity contribution in [1.82, 2.24) is 19.7 Å². The van der Waals surface area contributed by atoms with Gasteiger partial charge < -0.3 is 9.84 Å². The number of aromatic nitrogens is 4. The van der Waals surface area contributed by atoms with Crippen LogP contribution in [0.3, 0.4) is 0 Å². The molecule has 0 spiro atoms. The molecule has 22 heavy (non-hydrogen) atoms. The number of pyridine rings is 1. The molecule has 0 aliphatic heterocycles. The Morgan fingerprint density at radius 3 is 2.82 bits per heavy atom. The zero-order valence-corrected chi connectivity index (χ0v) is 14.0. The van der Waals surface area contributed by atoms with Crippen LogP contribution in [-0.2, 0) is 11.5 Å². The molecule has 1 N–H and O–H groups in total. The zero-order chi connectivity index (χ0) is 16.2. The van der Waals surface area contributed by atoms with E-state index in [1.165, 1.54) is 6.07 Å². The lowest BCUT2D eigenvalue weighted by Gasteiger charge is -2.15. The normalized spacial score (nSPS) is 11.6. The molecular weight excluding hydrogens is 300 g/mol. The van der Waals surface area contributed by atoms with Crippen molar-refractivity contribution >= 4 is 14.0 Å². The quantitative estimate of drug-likeness (QED) is 0.622. The molecule has 0 saturated heterocycles. The lowest BCUT2D eigenvalue weighted by Crippen LogP contribution is -2.22. The second-order valence-corrected chi connectivity index (χ2v) is 11.8. The van der Waals surface area contributed by atoms with Gasteiger partial charge in [-0.1, -0.05) is 25.7 Å². The molecule has 0 saturated carbocycles. The van der Waals surface area contributed by atoms with Crippen LogP contribution < -0.4 is 0 Å². The summed E-state index contributed by atoms with van der Waals surface area (Å²) in [7, 11) is -1.10. The van der Waals surface area contributed by atoms with E-state index in [0.717, 1.165) is 6.04 Å². The van der Waals surface area contributed by atoms with Crippen LogP contribution in [-0.4, -0.2) is 45.5 Å².